The molecule has 3 rings (SSSR count). The van der Waals surface area contributed by atoms with E-state index in [0.717, 1.165) is 16.4 Å². The molecule has 0 bridgehead atoms. The molecule has 0 saturated heterocycles. The first-order chi connectivity index (χ1) is 7.24. The third-order valence-corrected chi connectivity index (χ3v) is 2.63. The Morgan fingerprint density at radius 1 is 0.933 bits per heavy atom. The first kappa shape index (κ1) is 8.74. The summed E-state index contributed by atoms with van der Waals surface area (Å²) in [6, 6.07) is 9.85. The van der Waals surface area contributed by atoms with Gasteiger partial charge in [-0.2, -0.15) is 0 Å². The normalized spacial score (nSPS) is 11.3. The van der Waals surface area contributed by atoms with Crippen LogP contribution < -0.4 is 0 Å². The maximum atomic E-state index is 13.0. The summed E-state index contributed by atoms with van der Waals surface area (Å²) in [6.07, 6.45) is 0. The Balaban J connectivity index is 2.53. The third-order valence-electron chi connectivity index (χ3n) is 2.40. The summed E-state index contributed by atoms with van der Waals surface area (Å²) >= 11 is 5.89. The van der Waals surface area contributed by atoms with Gasteiger partial charge in [0.2, 0.25) is 0 Å². The number of halogens is 2. The molecule has 0 aliphatic carbocycles. The zero-order valence-electron chi connectivity index (χ0n) is 7.63. The summed E-state index contributed by atoms with van der Waals surface area (Å²) in [5.41, 5.74) is 1.27. The van der Waals surface area contributed by atoms with Gasteiger partial charge in [-0.3, -0.25) is 0 Å². The Hall–Kier alpha value is -1.54. The Labute approximate surface area is 90.1 Å². The molecule has 0 radical (unpaired) electrons. The highest BCUT2D eigenvalue weighted by Crippen LogP contribution is 2.30. The summed E-state index contributed by atoms with van der Waals surface area (Å²) in [5.74, 6) is -0.298. The molecule has 1 nitrogen and oxygen atoms in total. The number of furan rings is 1. The lowest BCUT2D eigenvalue weighted by Crippen LogP contribution is -1.70. The summed E-state index contributed by atoms with van der Waals surface area (Å²) in [6.45, 7) is 0. The lowest BCUT2D eigenvalue weighted by Gasteiger charge is -1.90. The van der Waals surface area contributed by atoms with Crippen LogP contribution in [0.4, 0.5) is 4.39 Å². The molecule has 1 aromatic heterocycles. The number of benzene rings is 2. The standard InChI is InChI=1S/C12H6ClFO/c13-7-1-4-11-10(5-7)9-3-2-8(14)6-12(9)15-11/h1-6H. The molecule has 0 unspecified atom stereocenters. The van der Waals surface area contributed by atoms with Gasteiger partial charge < -0.3 is 4.42 Å². The van der Waals surface area contributed by atoms with E-state index in [0.29, 0.717) is 10.6 Å². The molecule has 0 aliphatic rings. The molecule has 3 heteroatoms. The Morgan fingerprint density at radius 3 is 2.67 bits per heavy atom. The van der Waals surface area contributed by atoms with Crippen molar-refractivity contribution in [2.24, 2.45) is 0 Å². The van der Waals surface area contributed by atoms with E-state index < -0.39 is 0 Å². The quantitative estimate of drug-likeness (QED) is 0.548. The van der Waals surface area contributed by atoms with Gasteiger partial charge in [0.05, 0.1) is 0 Å². The summed E-state index contributed by atoms with van der Waals surface area (Å²) < 4.78 is 18.4. The Kier molecular flexibility index (Phi) is 1.73. The van der Waals surface area contributed by atoms with E-state index in [1.54, 1.807) is 18.2 Å². The molecule has 0 N–H and O–H groups in total. The lowest BCUT2D eigenvalue weighted by atomic mass is 10.1. The molecule has 3 aromatic rings. The monoisotopic (exact) mass is 220 g/mol. The molecule has 0 atom stereocenters. The van der Waals surface area contributed by atoms with Crippen molar-refractivity contribution in [3.05, 3.63) is 47.2 Å². The zero-order chi connectivity index (χ0) is 10.4. The second-order valence-electron chi connectivity index (χ2n) is 3.38. The smallest absolute Gasteiger partial charge is 0.138 e. The van der Waals surface area contributed by atoms with E-state index >= 15 is 0 Å². The van der Waals surface area contributed by atoms with Crippen LogP contribution in [0, 0.1) is 5.82 Å². The summed E-state index contributed by atoms with van der Waals surface area (Å²) in [4.78, 5) is 0. The molecule has 74 valence electrons. The fraction of sp³-hybridized carbons (Fsp3) is 0. The molecule has 0 saturated carbocycles. The van der Waals surface area contributed by atoms with Crippen molar-refractivity contribution < 1.29 is 8.81 Å². The fourth-order valence-electron chi connectivity index (χ4n) is 1.72. The third kappa shape index (κ3) is 1.29. The Bertz CT molecular complexity index is 657. The van der Waals surface area contributed by atoms with Crippen molar-refractivity contribution >= 4 is 33.5 Å². The van der Waals surface area contributed by atoms with Crippen LogP contribution in [0.2, 0.25) is 5.02 Å². The van der Waals surface area contributed by atoms with Gasteiger partial charge in [-0.25, -0.2) is 4.39 Å². The Morgan fingerprint density at radius 2 is 1.80 bits per heavy atom. The molecule has 0 spiro atoms. The van der Waals surface area contributed by atoms with Crippen molar-refractivity contribution in [2.45, 2.75) is 0 Å². The first-order valence-corrected chi connectivity index (χ1v) is 4.89. The van der Waals surface area contributed by atoms with Crippen LogP contribution in [0.15, 0.2) is 40.8 Å². The average molecular weight is 221 g/mol. The number of hydrogen-bond donors (Lipinski definition) is 0. The second-order valence-corrected chi connectivity index (χ2v) is 3.82. The zero-order valence-corrected chi connectivity index (χ0v) is 8.38. The van der Waals surface area contributed by atoms with Gasteiger partial charge >= 0.3 is 0 Å². The van der Waals surface area contributed by atoms with Crippen molar-refractivity contribution in [1.29, 1.82) is 0 Å². The highest BCUT2D eigenvalue weighted by molar-refractivity contribution is 6.31. The number of fused-ring (bicyclic) bond motifs is 3. The largest absolute Gasteiger partial charge is 0.456 e. The van der Waals surface area contributed by atoms with Crippen molar-refractivity contribution in [1.82, 2.24) is 0 Å². The maximum absolute atomic E-state index is 13.0. The van der Waals surface area contributed by atoms with Crippen molar-refractivity contribution in [3.63, 3.8) is 0 Å². The van der Waals surface area contributed by atoms with Gasteiger partial charge in [-0.15, -0.1) is 0 Å². The van der Waals surface area contributed by atoms with Crippen LogP contribution in [0.25, 0.3) is 21.9 Å². The van der Waals surface area contributed by atoms with E-state index in [1.807, 2.05) is 6.07 Å². The van der Waals surface area contributed by atoms with Crippen LogP contribution in [0.3, 0.4) is 0 Å². The summed E-state index contributed by atoms with van der Waals surface area (Å²) in [7, 11) is 0. The highest BCUT2D eigenvalue weighted by atomic mass is 35.5. The predicted molar refractivity (Wildman–Crippen MR) is 58.7 cm³/mol. The second kappa shape index (κ2) is 2.97. The molecular weight excluding hydrogens is 215 g/mol. The molecular formula is C12H6ClFO. The average Bonchev–Trinajstić information content (AvgIpc) is 2.54. The van der Waals surface area contributed by atoms with Crippen LogP contribution >= 0.6 is 11.6 Å². The minimum Gasteiger partial charge on any atom is -0.456 e. The van der Waals surface area contributed by atoms with Crippen molar-refractivity contribution in [3.8, 4) is 0 Å². The molecule has 0 aliphatic heterocycles. The minimum atomic E-state index is -0.298. The van der Waals surface area contributed by atoms with Gasteiger partial charge in [0, 0.05) is 21.9 Å². The molecule has 0 fully saturated rings. The predicted octanol–water partition coefficient (Wildman–Crippen LogP) is 4.38. The lowest BCUT2D eigenvalue weighted by molar-refractivity contribution is 0.618. The molecule has 1 heterocycles. The number of rotatable bonds is 0. The highest BCUT2D eigenvalue weighted by Gasteiger charge is 2.07. The van der Waals surface area contributed by atoms with Gasteiger partial charge in [0.25, 0.3) is 0 Å². The van der Waals surface area contributed by atoms with Gasteiger partial charge in [0.1, 0.15) is 17.0 Å². The van der Waals surface area contributed by atoms with Crippen LogP contribution in [-0.4, -0.2) is 0 Å². The van der Waals surface area contributed by atoms with Crippen LogP contribution in [0.1, 0.15) is 0 Å². The SMILES string of the molecule is Fc1ccc2c(c1)oc1ccc(Cl)cc12. The number of hydrogen-bond acceptors (Lipinski definition) is 1. The van der Waals surface area contributed by atoms with Gasteiger partial charge in [-0.1, -0.05) is 11.6 Å². The van der Waals surface area contributed by atoms with E-state index in [4.69, 9.17) is 16.0 Å². The topological polar surface area (TPSA) is 13.1 Å². The van der Waals surface area contributed by atoms with Gasteiger partial charge in [0.15, 0.2) is 0 Å². The molecule has 0 amide bonds. The summed E-state index contributed by atoms with van der Waals surface area (Å²) in [5, 5.41) is 2.45. The maximum Gasteiger partial charge on any atom is 0.138 e. The molecule has 15 heavy (non-hydrogen) atoms. The fourth-order valence-corrected chi connectivity index (χ4v) is 1.90. The minimum absolute atomic E-state index is 0.298. The molecule has 2 aromatic carbocycles. The van der Waals surface area contributed by atoms with Crippen LogP contribution in [0.5, 0.6) is 0 Å². The van der Waals surface area contributed by atoms with E-state index in [2.05, 4.69) is 0 Å². The van der Waals surface area contributed by atoms with E-state index in [1.165, 1.54) is 12.1 Å². The van der Waals surface area contributed by atoms with Crippen molar-refractivity contribution in [2.75, 3.05) is 0 Å². The van der Waals surface area contributed by atoms with Crippen LogP contribution in [-0.2, 0) is 0 Å². The van der Waals surface area contributed by atoms with E-state index in [9.17, 15) is 4.39 Å². The van der Waals surface area contributed by atoms with Gasteiger partial charge in [-0.05, 0) is 30.3 Å². The first-order valence-electron chi connectivity index (χ1n) is 4.51. The van der Waals surface area contributed by atoms with E-state index in [-0.39, 0.29) is 5.82 Å².